The topological polar surface area (TPSA) is 90.0 Å². The number of thioether (sulfide) groups is 1. The van der Waals surface area contributed by atoms with Crippen LogP contribution >= 0.6 is 11.8 Å². The van der Waals surface area contributed by atoms with Crippen LogP contribution in [0.3, 0.4) is 0 Å². The monoisotopic (exact) mass is 317 g/mol. The van der Waals surface area contributed by atoms with Crippen molar-refractivity contribution in [2.24, 2.45) is 0 Å². The van der Waals surface area contributed by atoms with Crippen LogP contribution in [0.4, 0.5) is 4.79 Å². The zero-order chi connectivity index (χ0) is 16.2. The average Bonchev–Trinajstić information content (AvgIpc) is 2.40. The van der Waals surface area contributed by atoms with E-state index in [0.29, 0.717) is 25.3 Å². The number of carbonyl (C=O) groups is 3. The van der Waals surface area contributed by atoms with E-state index in [9.17, 15) is 14.4 Å². The fourth-order valence-electron chi connectivity index (χ4n) is 2.29. The number of carbonyl (C=O) groups excluding carboxylic acids is 2. The lowest BCUT2D eigenvalue weighted by molar-refractivity contribution is -0.144. The van der Waals surface area contributed by atoms with Crippen molar-refractivity contribution >= 4 is 29.7 Å². The molecule has 120 valence electrons. The molecule has 1 rings (SSSR count). The Morgan fingerprint density at radius 1 is 1.43 bits per heavy atom. The Labute approximate surface area is 129 Å². The van der Waals surface area contributed by atoms with Gasteiger partial charge in [-0.2, -0.15) is 11.8 Å². The molecule has 1 fully saturated rings. The van der Waals surface area contributed by atoms with Crippen LogP contribution in [0.1, 0.15) is 20.3 Å². The molecule has 0 unspecified atom stereocenters. The predicted molar refractivity (Wildman–Crippen MR) is 81.4 cm³/mol. The number of nitrogens with one attached hydrogen (secondary N) is 1. The van der Waals surface area contributed by atoms with Gasteiger partial charge >= 0.3 is 12.0 Å². The van der Waals surface area contributed by atoms with Crippen molar-refractivity contribution in [3.63, 3.8) is 0 Å². The Bertz CT molecular complexity index is 428. The van der Waals surface area contributed by atoms with Gasteiger partial charge < -0.3 is 20.2 Å². The van der Waals surface area contributed by atoms with Crippen molar-refractivity contribution in [3.8, 4) is 0 Å². The lowest BCUT2D eigenvalue weighted by Crippen LogP contribution is -2.66. The smallest absolute Gasteiger partial charge is 0.326 e. The van der Waals surface area contributed by atoms with E-state index < -0.39 is 23.6 Å². The van der Waals surface area contributed by atoms with Gasteiger partial charge in [0, 0.05) is 20.1 Å². The molecule has 1 atom stereocenters. The number of rotatable bonds is 5. The third kappa shape index (κ3) is 4.03. The SMILES string of the molecule is CSCC[C@@H](NC(=O)N1CCN(C)C(=O)C1(C)C)C(=O)O. The molecule has 0 aromatic carbocycles. The summed E-state index contributed by atoms with van der Waals surface area (Å²) in [6, 6.07) is -1.44. The molecule has 0 aliphatic carbocycles. The van der Waals surface area contributed by atoms with Crippen molar-refractivity contribution in [1.29, 1.82) is 0 Å². The summed E-state index contributed by atoms with van der Waals surface area (Å²) in [6.07, 6.45) is 2.23. The molecule has 8 heteroatoms. The molecule has 1 aliphatic rings. The van der Waals surface area contributed by atoms with Gasteiger partial charge in [0.15, 0.2) is 0 Å². The zero-order valence-electron chi connectivity index (χ0n) is 12.9. The maximum absolute atomic E-state index is 12.3. The summed E-state index contributed by atoms with van der Waals surface area (Å²) in [4.78, 5) is 38.6. The normalized spacial score (nSPS) is 19.3. The summed E-state index contributed by atoms with van der Waals surface area (Å²) >= 11 is 1.52. The summed E-state index contributed by atoms with van der Waals surface area (Å²) in [5.74, 6) is -0.571. The van der Waals surface area contributed by atoms with E-state index in [1.165, 1.54) is 16.7 Å². The summed E-state index contributed by atoms with van der Waals surface area (Å²) in [5, 5.41) is 11.7. The zero-order valence-corrected chi connectivity index (χ0v) is 13.7. The highest BCUT2D eigenvalue weighted by molar-refractivity contribution is 7.98. The number of carboxylic acid groups (broad SMARTS) is 1. The van der Waals surface area contributed by atoms with Gasteiger partial charge in [-0.3, -0.25) is 4.79 Å². The summed E-state index contributed by atoms with van der Waals surface area (Å²) < 4.78 is 0. The van der Waals surface area contributed by atoms with Gasteiger partial charge in [-0.05, 0) is 32.3 Å². The molecule has 0 radical (unpaired) electrons. The predicted octanol–water partition coefficient (Wildman–Crippen LogP) is 0.455. The molecule has 7 nitrogen and oxygen atoms in total. The quantitative estimate of drug-likeness (QED) is 0.768. The molecular formula is C13H23N3O4S. The summed E-state index contributed by atoms with van der Waals surface area (Å²) in [5.41, 5.74) is -0.973. The van der Waals surface area contributed by atoms with E-state index in [2.05, 4.69) is 5.32 Å². The number of carboxylic acids is 1. The van der Waals surface area contributed by atoms with E-state index in [1.54, 1.807) is 25.8 Å². The number of likely N-dealkylation sites (N-methyl/N-ethyl adjacent to an activating group) is 1. The van der Waals surface area contributed by atoms with Gasteiger partial charge in [-0.25, -0.2) is 9.59 Å². The molecular weight excluding hydrogens is 294 g/mol. The first kappa shape index (κ1) is 17.6. The molecule has 3 amide bonds. The lowest BCUT2D eigenvalue weighted by Gasteiger charge is -2.44. The molecule has 0 aromatic heterocycles. The highest BCUT2D eigenvalue weighted by Gasteiger charge is 2.43. The minimum absolute atomic E-state index is 0.153. The van der Waals surface area contributed by atoms with Crippen LogP contribution in [0.2, 0.25) is 0 Å². The van der Waals surface area contributed by atoms with Crippen molar-refractivity contribution in [3.05, 3.63) is 0 Å². The Balaban J connectivity index is 2.77. The van der Waals surface area contributed by atoms with Crippen LogP contribution < -0.4 is 5.32 Å². The van der Waals surface area contributed by atoms with Gasteiger partial charge in [0.1, 0.15) is 11.6 Å². The number of piperazine rings is 1. The summed E-state index contributed by atoms with van der Waals surface area (Å²) in [7, 11) is 1.69. The van der Waals surface area contributed by atoms with Crippen molar-refractivity contribution in [2.75, 3.05) is 32.1 Å². The molecule has 1 aliphatic heterocycles. The average molecular weight is 317 g/mol. The fourth-order valence-corrected chi connectivity index (χ4v) is 2.76. The maximum Gasteiger partial charge on any atom is 0.326 e. The highest BCUT2D eigenvalue weighted by atomic mass is 32.2. The largest absolute Gasteiger partial charge is 0.480 e. The van der Waals surface area contributed by atoms with Crippen LogP contribution in [0, 0.1) is 0 Å². The maximum atomic E-state index is 12.3. The second kappa shape index (κ2) is 7.02. The number of amides is 3. The Morgan fingerprint density at radius 3 is 2.57 bits per heavy atom. The van der Waals surface area contributed by atoms with E-state index in [4.69, 9.17) is 5.11 Å². The molecule has 0 aromatic rings. The molecule has 1 saturated heterocycles. The first-order valence-electron chi connectivity index (χ1n) is 6.77. The van der Waals surface area contributed by atoms with Crippen LogP contribution in [-0.4, -0.2) is 76.5 Å². The van der Waals surface area contributed by atoms with Crippen LogP contribution in [0.5, 0.6) is 0 Å². The van der Waals surface area contributed by atoms with Crippen LogP contribution in [0.15, 0.2) is 0 Å². The van der Waals surface area contributed by atoms with E-state index in [-0.39, 0.29) is 5.91 Å². The third-order valence-electron chi connectivity index (χ3n) is 3.66. The second-order valence-corrected chi connectivity index (χ2v) is 6.54. The van der Waals surface area contributed by atoms with Gasteiger partial charge in [0.2, 0.25) is 5.91 Å². The fraction of sp³-hybridized carbons (Fsp3) is 0.769. The van der Waals surface area contributed by atoms with Crippen LogP contribution in [0.25, 0.3) is 0 Å². The minimum Gasteiger partial charge on any atom is -0.480 e. The Hall–Kier alpha value is -1.44. The highest BCUT2D eigenvalue weighted by Crippen LogP contribution is 2.21. The molecule has 21 heavy (non-hydrogen) atoms. The Kier molecular flexibility index (Phi) is 5.88. The van der Waals surface area contributed by atoms with Gasteiger partial charge in [0.05, 0.1) is 0 Å². The first-order valence-corrected chi connectivity index (χ1v) is 8.16. The molecule has 2 N–H and O–H groups in total. The Morgan fingerprint density at radius 2 is 2.05 bits per heavy atom. The minimum atomic E-state index is -1.06. The van der Waals surface area contributed by atoms with Crippen molar-refractivity contribution in [1.82, 2.24) is 15.1 Å². The standard InChI is InChI=1S/C13H23N3O4S/c1-13(2)11(19)15(3)6-7-16(13)12(20)14-9(10(17)18)5-8-21-4/h9H,5-8H2,1-4H3,(H,14,20)(H,17,18)/t9-/m1/s1. The number of hydrogen-bond acceptors (Lipinski definition) is 4. The number of nitrogens with zero attached hydrogens (tertiary/aromatic N) is 2. The molecule has 0 bridgehead atoms. The van der Waals surface area contributed by atoms with Crippen molar-refractivity contribution in [2.45, 2.75) is 31.8 Å². The summed E-state index contributed by atoms with van der Waals surface area (Å²) in [6.45, 7) is 4.17. The van der Waals surface area contributed by atoms with E-state index in [1.807, 2.05) is 6.26 Å². The van der Waals surface area contributed by atoms with Crippen molar-refractivity contribution < 1.29 is 19.5 Å². The van der Waals surface area contributed by atoms with Crippen LogP contribution in [-0.2, 0) is 9.59 Å². The number of urea groups is 1. The third-order valence-corrected chi connectivity index (χ3v) is 4.30. The number of aliphatic carboxylic acids is 1. The number of hydrogen-bond donors (Lipinski definition) is 2. The molecule has 0 spiro atoms. The van der Waals surface area contributed by atoms with E-state index >= 15 is 0 Å². The van der Waals surface area contributed by atoms with E-state index in [0.717, 1.165) is 0 Å². The van der Waals surface area contributed by atoms with Gasteiger partial charge in [-0.15, -0.1) is 0 Å². The first-order chi connectivity index (χ1) is 9.71. The second-order valence-electron chi connectivity index (χ2n) is 5.56. The molecule has 1 heterocycles. The van der Waals surface area contributed by atoms with Gasteiger partial charge in [0.25, 0.3) is 0 Å². The van der Waals surface area contributed by atoms with Gasteiger partial charge in [-0.1, -0.05) is 0 Å². The lowest BCUT2D eigenvalue weighted by atomic mass is 9.98. The molecule has 0 saturated carbocycles.